The number of hydrogen-bond donors (Lipinski definition) is 2. The van der Waals surface area contributed by atoms with Crippen molar-refractivity contribution in [2.24, 2.45) is 0 Å². The number of benzene rings is 2. The highest BCUT2D eigenvalue weighted by Gasteiger charge is 2.28. The van der Waals surface area contributed by atoms with Crippen LogP contribution in [0.2, 0.25) is 5.02 Å². The zero-order valence-electron chi connectivity index (χ0n) is 13.6. The Morgan fingerprint density at radius 3 is 2.76 bits per heavy atom. The molecule has 0 spiro atoms. The maximum Gasteiger partial charge on any atom is 0.224 e. The van der Waals surface area contributed by atoms with Crippen molar-refractivity contribution in [2.75, 3.05) is 13.1 Å². The fraction of sp³-hybridized carbons (Fsp3) is 0.316. The van der Waals surface area contributed by atoms with E-state index in [-0.39, 0.29) is 24.3 Å². The molecule has 2 unspecified atom stereocenters. The van der Waals surface area contributed by atoms with Crippen LogP contribution in [0.4, 0.5) is 8.78 Å². The van der Waals surface area contributed by atoms with Gasteiger partial charge in [0.2, 0.25) is 5.91 Å². The highest BCUT2D eigenvalue weighted by molar-refractivity contribution is 6.31. The summed E-state index contributed by atoms with van der Waals surface area (Å²) in [6.07, 6.45) is 0.919. The smallest absolute Gasteiger partial charge is 0.224 e. The Morgan fingerprint density at radius 1 is 1.20 bits per heavy atom. The lowest BCUT2D eigenvalue weighted by molar-refractivity contribution is -0.121. The zero-order valence-corrected chi connectivity index (χ0v) is 14.3. The van der Waals surface area contributed by atoms with Crippen molar-refractivity contribution in [1.29, 1.82) is 0 Å². The predicted octanol–water partition coefficient (Wildman–Crippen LogP) is 3.42. The molecule has 2 N–H and O–H groups in total. The minimum absolute atomic E-state index is 0.0634. The molecular formula is C19H19ClF2N2O. The maximum absolute atomic E-state index is 13.6. The molecule has 1 aliphatic heterocycles. The minimum Gasteiger partial charge on any atom is -0.351 e. The average molecular weight is 365 g/mol. The third-order valence-electron chi connectivity index (χ3n) is 4.51. The van der Waals surface area contributed by atoms with E-state index in [4.69, 9.17) is 11.6 Å². The monoisotopic (exact) mass is 364 g/mol. The molecular weight excluding hydrogens is 346 g/mol. The summed E-state index contributed by atoms with van der Waals surface area (Å²) < 4.78 is 26.7. The first-order valence-corrected chi connectivity index (χ1v) is 8.61. The van der Waals surface area contributed by atoms with E-state index in [0.717, 1.165) is 24.6 Å². The van der Waals surface area contributed by atoms with Gasteiger partial charge < -0.3 is 10.6 Å². The molecule has 132 valence electrons. The van der Waals surface area contributed by atoms with E-state index < -0.39 is 11.6 Å². The van der Waals surface area contributed by atoms with Crippen LogP contribution in [0.3, 0.4) is 0 Å². The normalized spacial score (nSPS) is 20.3. The van der Waals surface area contributed by atoms with Gasteiger partial charge in [0.1, 0.15) is 0 Å². The Bertz CT molecular complexity index is 769. The maximum atomic E-state index is 13.6. The highest BCUT2D eigenvalue weighted by atomic mass is 35.5. The molecule has 1 heterocycles. The first-order valence-electron chi connectivity index (χ1n) is 8.23. The molecule has 2 aromatic rings. The number of amides is 1. The van der Waals surface area contributed by atoms with Gasteiger partial charge in [-0.05, 0) is 42.3 Å². The third kappa shape index (κ3) is 4.35. The topological polar surface area (TPSA) is 41.1 Å². The zero-order chi connectivity index (χ0) is 17.8. The quantitative estimate of drug-likeness (QED) is 0.872. The third-order valence-corrected chi connectivity index (χ3v) is 4.88. The molecule has 0 radical (unpaired) electrons. The molecule has 1 fully saturated rings. The first-order chi connectivity index (χ1) is 12.0. The number of piperidine rings is 1. The van der Waals surface area contributed by atoms with Gasteiger partial charge in [0.05, 0.1) is 6.42 Å². The van der Waals surface area contributed by atoms with Crippen LogP contribution < -0.4 is 10.6 Å². The van der Waals surface area contributed by atoms with E-state index >= 15 is 0 Å². The number of nitrogens with one attached hydrogen (secondary N) is 2. The molecule has 0 saturated carbocycles. The Hall–Kier alpha value is -1.98. The second-order valence-electron chi connectivity index (χ2n) is 6.22. The van der Waals surface area contributed by atoms with Gasteiger partial charge in [-0.2, -0.15) is 0 Å². The highest BCUT2D eigenvalue weighted by Crippen LogP contribution is 2.27. The van der Waals surface area contributed by atoms with Crippen molar-refractivity contribution >= 4 is 17.5 Å². The fourth-order valence-corrected chi connectivity index (χ4v) is 3.43. The van der Waals surface area contributed by atoms with Crippen molar-refractivity contribution < 1.29 is 13.6 Å². The molecule has 2 aromatic carbocycles. The largest absolute Gasteiger partial charge is 0.351 e. The van der Waals surface area contributed by atoms with Crippen LogP contribution in [-0.4, -0.2) is 25.0 Å². The second kappa shape index (κ2) is 7.93. The molecule has 3 nitrogen and oxygen atoms in total. The Morgan fingerprint density at radius 2 is 2.00 bits per heavy atom. The summed E-state index contributed by atoms with van der Waals surface area (Å²) in [4.78, 5) is 12.4. The molecule has 1 saturated heterocycles. The van der Waals surface area contributed by atoms with Gasteiger partial charge in [0, 0.05) is 23.5 Å². The lowest BCUT2D eigenvalue weighted by Crippen LogP contribution is -2.50. The van der Waals surface area contributed by atoms with Crippen LogP contribution >= 0.6 is 11.6 Å². The van der Waals surface area contributed by atoms with E-state index in [0.29, 0.717) is 17.1 Å². The summed E-state index contributed by atoms with van der Waals surface area (Å²) in [5.74, 6) is -1.94. The summed E-state index contributed by atoms with van der Waals surface area (Å²) in [6, 6.07) is 11.0. The lowest BCUT2D eigenvalue weighted by Gasteiger charge is -2.33. The van der Waals surface area contributed by atoms with Gasteiger partial charge in [-0.15, -0.1) is 0 Å². The summed E-state index contributed by atoms with van der Waals surface area (Å²) in [5, 5.41) is 6.79. The van der Waals surface area contributed by atoms with Crippen molar-refractivity contribution in [3.8, 4) is 0 Å². The van der Waals surface area contributed by atoms with Crippen molar-refractivity contribution in [2.45, 2.75) is 24.8 Å². The molecule has 6 heteroatoms. The van der Waals surface area contributed by atoms with E-state index in [1.165, 1.54) is 6.07 Å². The number of hydrogen-bond acceptors (Lipinski definition) is 2. The van der Waals surface area contributed by atoms with Gasteiger partial charge in [-0.1, -0.05) is 35.9 Å². The van der Waals surface area contributed by atoms with E-state index in [2.05, 4.69) is 10.6 Å². The van der Waals surface area contributed by atoms with Crippen LogP contribution in [-0.2, 0) is 11.2 Å². The van der Waals surface area contributed by atoms with Crippen molar-refractivity contribution in [3.63, 3.8) is 0 Å². The van der Waals surface area contributed by atoms with E-state index in [1.807, 2.05) is 18.2 Å². The summed E-state index contributed by atoms with van der Waals surface area (Å²) in [7, 11) is 0. The molecule has 0 aromatic heterocycles. The number of carbonyl (C=O) groups is 1. The first kappa shape index (κ1) is 17.8. The number of halogens is 3. The summed E-state index contributed by atoms with van der Waals surface area (Å²) in [6.45, 7) is 1.35. The van der Waals surface area contributed by atoms with Crippen LogP contribution in [0.1, 0.15) is 23.5 Å². The minimum atomic E-state index is -0.864. The predicted molar refractivity (Wildman–Crippen MR) is 93.7 cm³/mol. The van der Waals surface area contributed by atoms with Crippen molar-refractivity contribution in [1.82, 2.24) is 10.6 Å². The van der Waals surface area contributed by atoms with Gasteiger partial charge in [0.25, 0.3) is 0 Å². The van der Waals surface area contributed by atoms with Gasteiger partial charge >= 0.3 is 0 Å². The van der Waals surface area contributed by atoms with Gasteiger partial charge in [-0.25, -0.2) is 8.78 Å². The number of rotatable bonds is 4. The van der Waals surface area contributed by atoms with Crippen LogP contribution in [0.25, 0.3) is 0 Å². The van der Waals surface area contributed by atoms with E-state index in [1.54, 1.807) is 12.1 Å². The molecule has 1 amide bonds. The standard InChI is InChI=1S/C19H19ClF2N2O/c20-15-4-2-1-3-13(15)10-19(25)24-18-11-23-8-7-14(18)12-5-6-16(21)17(22)9-12/h1-6,9,14,18,23H,7-8,10-11H2,(H,24,25). The Kier molecular flexibility index (Phi) is 5.66. The molecule has 1 aliphatic rings. The molecule has 0 bridgehead atoms. The van der Waals surface area contributed by atoms with Crippen molar-refractivity contribution in [3.05, 3.63) is 70.2 Å². The van der Waals surface area contributed by atoms with Gasteiger partial charge in [-0.3, -0.25) is 4.79 Å². The van der Waals surface area contributed by atoms with Crippen LogP contribution in [0, 0.1) is 11.6 Å². The van der Waals surface area contributed by atoms with Crippen LogP contribution in [0.5, 0.6) is 0 Å². The molecule has 2 atom stereocenters. The fourth-order valence-electron chi connectivity index (χ4n) is 3.22. The van der Waals surface area contributed by atoms with Gasteiger partial charge in [0.15, 0.2) is 11.6 Å². The van der Waals surface area contributed by atoms with E-state index in [9.17, 15) is 13.6 Å². The Balaban J connectivity index is 1.71. The van der Waals surface area contributed by atoms with Crippen LogP contribution in [0.15, 0.2) is 42.5 Å². The number of carbonyl (C=O) groups excluding carboxylic acids is 1. The lowest BCUT2D eigenvalue weighted by atomic mass is 9.86. The summed E-state index contributed by atoms with van der Waals surface area (Å²) in [5.41, 5.74) is 1.46. The average Bonchev–Trinajstić information content (AvgIpc) is 2.60. The summed E-state index contributed by atoms with van der Waals surface area (Å²) >= 11 is 6.10. The molecule has 25 heavy (non-hydrogen) atoms. The molecule has 3 rings (SSSR count). The second-order valence-corrected chi connectivity index (χ2v) is 6.62. The SMILES string of the molecule is O=C(Cc1ccccc1Cl)NC1CNCCC1c1ccc(F)c(F)c1. The Labute approximate surface area is 150 Å². The molecule has 0 aliphatic carbocycles.